The molecule has 1 heterocycles. The molecule has 0 saturated heterocycles. The summed E-state index contributed by atoms with van der Waals surface area (Å²) in [5.41, 5.74) is 1.83. The van der Waals surface area contributed by atoms with Crippen molar-refractivity contribution in [2.75, 3.05) is 0 Å². The molecule has 108 valence electrons. The van der Waals surface area contributed by atoms with Crippen molar-refractivity contribution in [1.29, 1.82) is 0 Å². The van der Waals surface area contributed by atoms with Crippen LogP contribution in [0, 0.1) is 11.6 Å². The highest BCUT2D eigenvalue weighted by atomic mass is 19.1. The molecule has 0 unspecified atom stereocenters. The molecular formula is C16H20F2N2. The molecule has 1 aromatic heterocycles. The molecule has 0 aliphatic heterocycles. The maximum absolute atomic E-state index is 13.1. The first-order valence-corrected chi connectivity index (χ1v) is 6.66. The van der Waals surface area contributed by atoms with Gasteiger partial charge in [0.05, 0.1) is 0 Å². The maximum Gasteiger partial charge on any atom is 0.126 e. The summed E-state index contributed by atoms with van der Waals surface area (Å²) < 4.78 is 28.2. The van der Waals surface area contributed by atoms with Crippen LogP contribution in [-0.2, 0) is 13.1 Å². The zero-order valence-electron chi connectivity index (χ0n) is 12.1. The Morgan fingerprint density at radius 1 is 1.05 bits per heavy atom. The van der Waals surface area contributed by atoms with Gasteiger partial charge in [-0.15, -0.1) is 0 Å². The van der Waals surface area contributed by atoms with E-state index >= 15 is 0 Å². The first kappa shape index (κ1) is 14.7. The summed E-state index contributed by atoms with van der Waals surface area (Å²) in [4.78, 5) is 0. The molecule has 20 heavy (non-hydrogen) atoms. The Balaban J connectivity index is 2.02. The molecular weight excluding hydrogens is 258 g/mol. The Hall–Kier alpha value is -1.68. The second-order valence-electron chi connectivity index (χ2n) is 6.07. The minimum absolute atomic E-state index is 0.0633. The van der Waals surface area contributed by atoms with Crippen LogP contribution in [0.2, 0.25) is 0 Å². The number of halogens is 2. The van der Waals surface area contributed by atoms with Crippen molar-refractivity contribution >= 4 is 0 Å². The number of nitrogens with one attached hydrogen (secondary N) is 1. The zero-order valence-corrected chi connectivity index (χ0v) is 12.1. The van der Waals surface area contributed by atoms with Crippen LogP contribution in [0.25, 0.3) is 0 Å². The third-order valence-corrected chi connectivity index (χ3v) is 2.92. The van der Waals surface area contributed by atoms with Crippen molar-refractivity contribution in [2.24, 2.45) is 0 Å². The molecule has 0 fully saturated rings. The third kappa shape index (κ3) is 4.46. The van der Waals surface area contributed by atoms with Crippen molar-refractivity contribution in [2.45, 2.75) is 39.4 Å². The monoisotopic (exact) mass is 278 g/mol. The predicted octanol–water partition coefficient (Wildman–Crippen LogP) is 3.70. The van der Waals surface area contributed by atoms with Gasteiger partial charge >= 0.3 is 0 Å². The molecule has 0 atom stereocenters. The Kier molecular flexibility index (Phi) is 4.23. The lowest BCUT2D eigenvalue weighted by Gasteiger charge is -2.19. The quantitative estimate of drug-likeness (QED) is 0.902. The minimum atomic E-state index is -0.540. The fourth-order valence-corrected chi connectivity index (χ4v) is 1.97. The molecule has 1 N–H and O–H groups in total. The highest BCUT2D eigenvalue weighted by molar-refractivity contribution is 5.20. The van der Waals surface area contributed by atoms with E-state index in [1.54, 1.807) is 0 Å². The molecule has 2 rings (SSSR count). The van der Waals surface area contributed by atoms with Crippen LogP contribution in [0.3, 0.4) is 0 Å². The second kappa shape index (κ2) is 5.75. The van der Waals surface area contributed by atoms with Gasteiger partial charge in [-0.2, -0.15) is 0 Å². The topological polar surface area (TPSA) is 17.0 Å². The van der Waals surface area contributed by atoms with Crippen LogP contribution in [-0.4, -0.2) is 10.1 Å². The summed E-state index contributed by atoms with van der Waals surface area (Å²) >= 11 is 0. The normalized spacial score (nSPS) is 11.8. The lowest BCUT2D eigenvalue weighted by atomic mass is 10.1. The molecule has 0 bridgehead atoms. The van der Waals surface area contributed by atoms with E-state index in [1.807, 2.05) is 23.0 Å². The third-order valence-electron chi connectivity index (χ3n) is 2.92. The number of aromatic nitrogens is 1. The molecule has 1 aromatic carbocycles. The van der Waals surface area contributed by atoms with E-state index in [0.717, 1.165) is 18.2 Å². The standard InChI is InChI=1S/C16H20F2N2/c1-16(2,3)19-9-12-4-5-20(10-12)11-13-6-14(17)8-15(18)7-13/h4-8,10,19H,9,11H2,1-3H3. The number of hydrogen-bond acceptors (Lipinski definition) is 1. The molecule has 2 nitrogen and oxygen atoms in total. The number of hydrogen-bond donors (Lipinski definition) is 1. The van der Waals surface area contributed by atoms with Crippen molar-refractivity contribution < 1.29 is 8.78 Å². The van der Waals surface area contributed by atoms with E-state index in [4.69, 9.17) is 0 Å². The number of rotatable bonds is 4. The van der Waals surface area contributed by atoms with Crippen LogP contribution < -0.4 is 5.32 Å². The molecule has 0 aliphatic rings. The largest absolute Gasteiger partial charge is 0.350 e. The zero-order chi connectivity index (χ0) is 14.8. The molecule has 0 aliphatic carbocycles. The number of benzene rings is 1. The van der Waals surface area contributed by atoms with Crippen molar-refractivity contribution in [1.82, 2.24) is 9.88 Å². The van der Waals surface area contributed by atoms with Crippen molar-refractivity contribution in [3.63, 3.8) is 0 Å². The molecule has 0 saturated carbocycles. The van der Waals surface area contributed by atoms with Crippen LogP contribution in [0.4, 0.5) is 8.78 Å². The predicted molar refractivity (Wildman–Crippen MR) is 76.5 cm³/mol. The SMILES string of the molecule is CC(C)(C)NCc1ccn(Cc2cc(F)cc(F)c2)c1. The van der Waals surface area contributed by atoms with Crippen molar-refractivity contribution in [3.8, 4) is 0 Å². The van der Waals surface area contributed by atoms with E-state index in [0.29, 0.717) is 12.1 Å². The Bertz CT molecular complexity index is 562. The summed E-state index contributed by atoms with van der Waals surface area (Å²) in [6.45, 7) is 7.57. The summed E-state index contributed by atoms with van der Waals surface area (Å²) in [6.07, 6.45) is 3.91. The van der Waals surface area contributed by atoms with Crippen LogP contribution in [0.5, 0.6) is 0 Å². The van der Waals surface area contributed by atoms with E-state index in [-0.39, 0.29) is 5.54 Å². The Labute approximate surface area is 118 Å². The number of nitrogens with zero attached hydrogens (tertiary/aromatic N) is 1. The summed E-state index contributed by atoms with van der Waals surface area (Å²) in [6, 6.07) is 5.61. The summed E-state index contributed by atoms with van der Waals surface area (Å²) in [5, 5.41) is 3.40. The average molecular weight is 278 g/mol. The van der Waals surface area contributed by atoms with Gasteiger partial charge in [0.15, 0.2) is 0 Å². The van der Waals surface area contributed by atoms with Crippen LogP contribution in [0.15, 0.2) is 36.7 Å². The van der Waals surface area contributed by atoms with E-state index in [9.17, 15) is 8.78 Å². The van der Waals surface area contributed by atoms with E-state index < -0.39 is 11.6 Å². The Morgan fingerprint density at radius 2 is 1.70 bits per heavy atom. The smallest absolute Gasteiger partial charge is 0.126 e. The molecule has 0 radical (unpaired) electrons. The Morgan fingerprint density at radius 3 is 2.30 bits per heavy atom. The molecule has 0 spiro atoms. The van der Waals surface area contributed by atoms with Gasteiger partial charge in [-0.1, -0.05) is 0 Å². The van der Waals surface area contributed by atoms with Gasteiger partial charge in [-0.05, 0) is 50.1 Å². The fourth-order valence-electron chi connectivity index (χ4n) is 1.97. The van der Waals surface area contributed by atoms with Gasteiger partial charge in [0, 0.05) is 37.1 Å². The van der Waals surface area contributed by atoms with Crippen LogP contribution in [0.1, 0.15) is 31.9 Å². The summed E-state index contributed by atoms with van der Waals surface area (Å²) in [7, 11) is 0. The first-order chi connectivity index (χ1) is 9.32. The molecule has 2 aromatic rings. The van der Waals surface area contributed by atoms with Gasteiger partial charge in [0.2, 0.25) is 0 Å². The molecule has 0 amide bonds. The summed E-state index contributed by atoms with van der Waals surface area (Å²) in [5.74, 6) is -1.08. The minimum Gasteiger partial charge on any atom is -0.350 e. The van der Waals surface area contributed by atoms with E-state index in [1.165, 1.54) is 12.1 Å². The fraction of sp³-hybridized carbons (Fsp3) is 0.375. The van der Waals surface area contributed by atoms with Gasteiger partial charge in [-0.25, -0.2) is 8.78 Å². The van der Waals surface area contributed by atoms with Gasteiger partial charge in [0.1, 0.15) is 11.6 Å². The van der Waals surface area contributed by atoms with Gasteiger partial charge in [-0.3, -0.25) is 0 Å². The van der Waals surface area contributed by atoms with Crippen molar-refractivity contribution in [3.05, 3.63) is 59.4 Å². The first-order valence-electron chi connectivity index (χ1n) is 6.66. The average Bonchev–Trinajstić information content (AvgIpc) is 2.72. The van der Waals surface area contributed by atoms with E-state index in [2.05, 4.69) is 26.1 Å². The molecule has 4 heteroatoms. The maximum atomic E-state index is 13.1. The van der Waals surface area contributed by atoms with Gasteiger partial charge < -0.3 is 9.88 Å². The lowest BCUT2D eigenvalue weighted by molar-refractivity contribution is 0.424. The van der Waals surface area contributed by atoms with Gasteiger partial charge in [0.25, 0.3) is 0 Å². The second-order valence-corrected chi connectivity index (χ2v) is 6.07. The highest BCUT2D eigenvalue weighted by Gasteiger charge is 2.09. The lowest BCUT2D eigenvalue weighted by Crippen LogP contribution is -2.34. The highest BCUT2D eigenvalue weighted by Crippen LogP contribution is 2.11. The van der Waals surface area contributed by atoms with Crippen LogP contribution >= 0.6 is 0 Å².